The molecule has 0 bridgehead atoms. The third-order valence-corrected chi connectivity index (χ3v) is 3.88. The minimum atomic E-state index is -1.09. The summed E-state index contributed by atoms with van der Waals surface area (Å²) < 4.78 is 0. The van der Waals surface area contributed by atoms with Gasteiger partial charge < -0.3 is 15.7 Å². The van der Waals surface area contributed by atoms with Crippen LogP contribution in [0.3, 0.4) is 0 Å². The SMILES string of the molecule is CCCC(NC(=O)C(NC(=O)c1ccccc1Cl)C(C)C)C(=O)O. The molecule has 0 heterocycles. The van der Waals surface area contributed by atoms with E-state index >= 15 is 0 Å². The Morgan fingerprint density at radius 1 is 1.17 bits per heavy atom. The summed E-state index contributed by atoms with van der Waals surface area (Å²) in [6.45, 7) is 5.38. The highest BCUT2D eigenvalue weighted by Gasteiger charge is 2.28. The summed E-state index contributed by atoms with van der Waals surface area (Å²) in [6.07, 6.45) is 0.944. The van der Waals surface area contributed by atoms with Gasteiger partial charge >= 0.3 is 5.97 Å². The standard InChI is InChI=1S/C17H23ClN2O4/c1-4-7-13(17(23)24)19-16(22)14(10(2)3)20-15(21)11-8-5-6-9-12(11)18/h5-6,8-10,13-14H,4,7H2,1-3H3,(H,19,22)(H,20,21)(H,23,24). The molecule has 3 N–H and O–H groups in total. The Balaban J connectivity index is 2.86. The van der Waals surface area contributed by atoms with Crippen LogP contribution in [0.1, 0.15) is 44.0 Å². The molecule has 6 nitrogen and oxygen atoms in total. The Morgan fingerprint density at radius 2 is 1.79 bits per heavy atom. The van der Waals surface area contributed by atoms with Crippen molar-refractivity contribution in [2.45, 2.75) is 45.7 Å². The van der Waals surface area contributed by atoms with Gasteiger partial charge in [0.05, 0.1) is 10.6 Å². The normalized spacial score (nSPS) is 13.2. The fourth-order valence-corrected chi connectivity index (χ4v) is 2.43. The zero-order chi connectivity index (χ0) is 18.3. The molecule has 1 rings (SSSR count). The van der Waals surface area contributed by atoms with Gasteiger partial charge in [-0.25, -0.2) is 4.79 Å². The van der Waals surface area contributed by atoms with Crippen molar-refractivity contribution in [3.8, 4) is 0 Å². The van der Waals surface area contributed by atoms with E-state index in [1.807, 2.05) is 6.92 Å². The number of carbonyl (C=O) groups excluding carboxylic acids is 2. The van der Waals surface area contributed by atoms with Crippen LogP contribution in [0.4, 0.5) is 0 Å². The number of carboxylic acids is 1. The molecule has 0 aromatic heterocycles. The zero-order valence-electron chi connectivity index (χ0n) is 14.0. The zero-order valence-corrected chi connectivity index (χ0v) is 14.8. The maximum atomic E-state index is 12.4. The predicted octanol–water partition coefficient (Wildman–Crippen LogP) is 2.46. The number of carboxylic acid groups (broad SMARTS) is 1. The van der Waals surface area contributed by atoms with Gasteiger partial charge in [-0.3, -0.25) is 9.59 Å². The van der Waals surface area contributed by atoms with E-state index in [0.29, 0.717) is 12.8 Å². The highest BCUT2D eigenvalue weighted by molar-refractivity contribution is 6.33. The highest BCUT2D eigenvalue weighted by Crippen LogP contribution is 2.15. The monoisotopic (exact) mass is 354 g/mol. The molecule has 7 heteroatoms. The van der Waals surface area contributed by atoms with Gasteiger partial charge in [0.2, 0.25) is 5.91 Å². The summed E-state index contributed by atoms with van der Waals surface area (Å²) in [5.41, 5.74) is 0.265. The van der Waals surface area contributed by atoms with Crippen molar-refractivity contribution in [3.05, 3.63) is 34.9 Å². The molecular formula is C17H23ClN2O4. The fourth-order valence-electron chi connectivity index (χ4n) is 2.21. The molecule has 0 aliphatic heterocycles. The maximum Gasteiger partial charge on any atom is 0.326 e. The lowest BCUT2D eigenvalue weighted by molar-refractivity contribution is -0.142. The molecule has 0 spiro atoms. The van der Waals surface area contributed by atoms with E-state index < -0.39 is 29.9 Å². The van der Waals surface area contributed by atoms with E-state index in [9.17, 15) is 14.4 Å². The van der Waals surface area contributed by atoms with Crippen LogP contribution in [0.25, 0.3) is 0 Å². The minimum absolute atomic E-state index is 0.215. The molecule has 2 unspecified atom stereocenters. The largest absolute Gasteiger partial charge is 0.480 e. The fraction of sp³-hybridized carbons (Fsp3) is 0.471. The van der Waals surface area contributed by atoms with Crippen LogP contribution in [0.15, 0.2) is 24.3 Å². The van der Waals surface area contributed by atoms with Crippen LogP contribution >= 0.6 is 11.6 Å². The van der Waals surface area contributed by atoms with Crippen LogP contribution in [-0.4, -0.2) is 35.0 Å². The summed E-state index contributed by atoms with van der Waals surface area (Å²) in [5.74, 6) is -2.30. The first-order valence-corrected chi connectivity index (χ1v) is 8.24. The van der Waals surface area contributed by atoms with Gasteiger partial charge in [-0.2, -0.15) is 0 Å². The maximum absolute atomic E-state index is 12.4. The Hall–Kier alpha value is -2.08. The number of rotatable bonds is 8. The van der Waals surface area contributed by atoms with Crippen molar-refractivity contribution in [2.75, 3.05) is 0 Å². The van der Waals surface area contributed by atoms with Crippen molar-refractivity contribution in [3.63, 3.8) is 0 Å². The summed E-state index contributed by atoms with van der Waals surface area (Å²) in [5, 5.41) is 14.6. The molecule has 0 aliphatic carbocycles. The number of halogens is 1. The average molecular weight is 355 g/mol. The van der Waals surface area contributed by atoms with E-state index in [-0.39, 0.29) is 16.5 Å². The second-order valence-electron chi connectivity index (χ2n) is 5.86. The van der Waals surface area contributed by atoms with Crippen LogP contribution < -0.4 is 10.6 Å². The molecule has 0 radical (unpaired) electrons. The molecule has 1 aromatic carbocycles. The van der Waals surface area contributed by atoms with Gasteiger partial charge in [-0.1, -0.05) is 50.9 Å². The average Bonchev–Trinajstić information content (AvgIpc) is 2.51. The summed E-state index contributed by atoms with van der Waals surface area (Å²) in [4.78, 5) is 35.9. The van der Waals surface area contributed by atoms with Crippen LogP contribution in [0.2, 0.25) is 5.02 Å². The number of carbonyl (C=O) groups is 3. The number of nitrogens with one attached hydrogen (secondary N) is 2. The van der Waals surface area contributed by atoms with E-state index in [1.54, 1.807) is 38.1 Å². The number of amides is 2. The summed E-state index contributed by atoms with van der Waals surface area (Å²) in [6, 6.07) is 4.70. The second kappa shape index (κ2) is 9.27. The molecule has 1 aromatic rings. The Bertz CT molecular complexity index is 604. The van der Waals surface area contributed by atoms with Crippen LogP contribution in [-0.2, 0) is 9.59 Å². The topological polar surface area (TPSA) is 95.5 Å². The molecular weight excluding hydrogens is 332 g/mol. The van der Waals surface area contributed by atoms with Gasteiger partial charge in [0.25, 0.3) is 5.91 Å². The highest BCUT2D eigenvalue weighted by atomic mass is 35.5. The van der Waals surface area contributed by atoms with E-state index in [2.05, 4.69) is 10.6 Å². The molecule has 24 heavy (non-hydrogen) atoms. The summed E-state index contributed by atoms with van der Waals surface area (Å²) >= 11 is 5.99. The number of benzene rings is 1. The first-order chi connectivity index (χ1) is 11.3. The molecule has 2 amide bonds. The van der Waals surface area contributed by atoms with E-state index in [0.717, 1.165) is 0 Å². The smallest absolute Gasteiger partial charge is 0.326 e. The number of hydrogen-bond donors (Lipinski definition) is 3. The lowest BCUT2D eigenvalue weighted by Gasteiger charge is -2.24. The third-order valence-electron chi connectivity index (χ3n) is 3.55. The first kappa shape index (κ1) is 20.0. The Labute approximate surface area is 146 Å². The second-order valence-corrected chi connectivity index (χ2v) is 6.27. The van der Waals surface area contributed by atoms with Crippen molar-refractivity contribution in [1.29, 1.82) is 0 Å². The summed E-state index contributed by atoms with van der Waals surface area (Å²) in [7, 11) is 0. The first-order valence-electron chi connectivity index (χ1n) is 7.86. The van der Waals surface area contributed by atoms with Gasteiger partial charge in [-0.05, 0) is 24.5 Å². The molecule has 0 saturated heterocycles. The van der Waals surface area contributed by atoms with Gasteiger partial charge in [-0.15, -0.1) is 0 Å². The van der Waals surface area contributed by atoms with Gasteiger partial charge in [0.1, 0.15) is 12.1 Å². The third kappa shape index (κ3) is 5.53. The van der Waals surface area contributed by atoms with Crippen LogP contribution in [0, 0.1) is 5.92 Å². The van der Waals surface area contributed by atoms with E-state index in [4.69, 9.17) is 16.7 Å². The molecule has 132 valence electrons. The molecule has 0 saturated carbocycles. The molecule has 2 atom stereocenters. The van der Waals surface area contributed by atoms with Crippen molar-refractivity contribution < 1.29 is 19.5 Å². The lowest BCUT2D eigenvalue weighted by Crippen LogP contribution is -2.53. The predicted molar refractivity (Wildman–Crippen MR) is 92.0 cm³/mol. The Morgan fingerprint density at radius 3 is 2.29 bits per heavy atom. The lowest BCUT2D eigenvalue weighted by atomic mass is 10.0. The van der Waals surface area contributed by atoms with Crippen molar-refractivity contribution in [2.24, 2.45) is 5.92 Å². The van der Waals surface area contributed by atoms with E-state index in [1.165, 1.54) is 0 Å². The van der Waals surface area contributed by atoms with Gasteiger partial charge in [0.15, 0.2) is 0 Å². The van der Waals surface area contributed by atoms with Crippen LogP contribution in [0.5, 0.6) is 0 Å². The van der Waals surface area contributed by atoms with Gasteiger partial charge in [0, 0.05) is 0 Å². The van der Waals surface area contributed by atoms with Crippen molar-refractivity contribution in [1.82, 2.24) is 10.6 Å². The number of aliphatic carboxylic acids is 1. The quantitative estimate of drug-likeness (QED) is 0.668. The number of hydrogen-bond acceptors (Lipinski definition) is 3. The molecule has 0 aliphatic rings. The molecule has 0 fully saturated rings. The van der Waals surface area contributed by atoms with Crippen molar-refractivity contribution >= 4 is 29.4 Å². The minimum Gasteiger partial charge on any atom is -0.480 e. The Kier molecular flexibility index (Phi) is 7.71.